The van der Waals surface area contributed by atoms with Crippen LogP contribution in [0.1, 0.15) is 12.0 Å². The Morgan fingerprint density at radius 1 is 1.08 bits per heavy atom. The maximum absolute atomic E-state index is 12.7. The van der Waals surface area contributed by atoms with Crippen LogP contribution >= 0.6 is 31.9 Å². The van der Waals surface area contributed by atoms with Crippen molar-refractivity contribution in [1.82, 2.24) is 0 Å². The zero-order chi connectivity index (χ0) is 9.30. The summed E-state index contributed by atoms with van der Waals surface area (Å²) < 4.78 is 37.1. The minimum Gasteiger partial charge on any atom is -0.206 e. The number of hydrogen-bond acceptors (Lipinski definition) is 0. The average Bonchev–Trinajstić information content (AvgIpc) is 2.00. The van der Waals surface area contributed by atoms with Crippen LogP contribution < -0.4 is 0 Å². The molecule has 0 aliphatic heterocycles. The van der Waals surface area contributed by atoms with E-state index in [4.69, 9.17) is 0 Å². The van der Waals surface area contributed by atoms with Crippen molar-refractivity contribution in [2.24, 2.45) is 0 Å². The molecule has 0 fully saturated rings. The SMILES string of the molecule is Fc1ccc(C(F)F)c(Br)c1Br. The van der Waals surface area contributed by atoms with E-state index in [9.17, 15) is 13.2 Å². The van der Waals surface area contributed by atoms with Crippen LogP contribution in [0, 0.1) is 5.82 Å². The Hall–Kier alpha value is -0.0300. The van der Waals surface area contributed by atoms with Crippen LogP contribution in [0.25, 0.3) is 0 Å². The van der Waals surface area contributed by atoms with Crippen molar-refractivity contribution in [3.63, 3.8) is 0 Å². The lowest BCUT2D eigenvalue weighted by atomic mass is 10.2. The van der Waals surface area contributed by atoms with Crippen molar-refractivity contribution in [2.45, 2.75) is 6.43 Å². The van der Waals surface area contributed by atoms with Gasteiger partial charge in [-0.1, -0.05) is 0 Å². The Morgan fingerprint density at radius 3 is 2.17 bits per heavy atom. The van der Waals surface area contributed by atoms with Gasteiger partial charge >= 0.3 is 0 Å². The van der Waals surface area contributed by atoms with Gasteiger partial charge in [0.15, 0.2) is 0 Å². The van der Waals surface area contributed by atoms with Crippen molar-refractivity contribution < 1.29 is 13.2 Å². The second kappa shape index (κ2) is 3.79. The van der Waals surface area contributed by atoms with Gasteiger partial charge in [-0.15, -0.1) is 0 Å². The predicted molar refractivity (Wildman–Crippen MR) is 46.8 cm³/mol. The van der Waals surface area contributed by atoms with E-state index in [-0.39, 0.29) is 14.5 Å². The summed E-state index contributed by atoms with van der Waals surface area (Å²) in [4.78, 5) is 0. The summed E-state index contributed by atoms with van der Waals surface area (Å²) in [5.41, 5.74) is -0.219. The van der Waals surface area contributed by atoms with Gasteiger partial charge in [0.05, 0.1) is 4.47 Å². The minimum atomic E-state index is -2.60. The van der Waals surface area contributed by atoms with Crippen molar-refractivity contribution in [1.29, 1.82) is 0 Å². The van der Waals surface area contributed by atoms with Crippen LogP contribution in [0.15, 0.2) is 21.1 Å². The van der Waals surface area contributed by atoms with Gasteiger partial charge in [0.25, 0.3) is 6.43 Å². The second-order valence-corrected chi connectivity index (χ2v) is 3.65. The first-order valence-corrected chi connectivity index (χ1v) is 4.54. The van der Waals surface area contributed by atoms with Crippen LogP contribution in [-0.2, 0) is 0 Å². The fourth-order valence-electron chi connectivity index (χ4n) is 0.709. The summed E-state index contributed by atoms with van der Waals surface area (Å²) in [6.45, 7) is 0. The van der Waals surface area contributed by atoms with E-state index >= 15 is 0 Å². The molecule has 12 heavy (non-hydrogen) atoms. The van der Waals surface area contributed by atoms with E-state index in [1.54, 1.807) is 0 Å². The van der Waals surface area contributed by atoms with Gasteiger partial charge in [0, 0.05) is 10.0 Å². The van der Waals surface area contributed by atoms with Gasteiger partial charge in [-0.2, -0.15) is 0 Å². The molecule has 0 nitrogen and oxygen atoms in total. The maximum atomic E-state index is 12.7. The van der Waals surface area contributed by atoms with E-state index in [0.717, 1.165) is 12.1 Å². The zero-order valence-electron chi connectivity index (χ0n) is 5.62. The molecule has 0 heterocycles. The summed E-state index contributed by atoms with van der Waals surface area (Å²) in [7, 11) is 0. The van der Waals surface area contributed by atoms with Crippen molar-refractivity contribution in [3.05, 3.63) is 32.5 Å². The Bertz CT molecular complexity index is 299. The molecule has 0 amide bonds. The molecule has 0 unspecified atom stereocenters. The third-order valence-electron chi connectivity index (χ3n) is 1.30. The maximum Gasteiger partial charge on any atom is 0.264 e. The highest BCUT2D eigenvalue weighted by atomic mass is 79.9. The van der Waals surface area contributed by atoms with Gasteiger partial charge in [-0.3, -0.25) is 0 Å². The molecule has 5 heteroatoms. The summed E-state index contributed by atoms with van der Waals surface area (Å²) >= 11 is 5.71. The first-order valence-electron chi connectivity index (χ1n) is 2.95. The summed E-state index contributed by atoms with van der Waals surface area (Å²) in [6, 6.07) is 2.05. The molecule has 0 bridgehead atoms. The molecule has 66 valence electrons. The lowest BCUT2D eigenvalue weighted by Crippen LogP contribution is -1.89. The largest absolute Gasteiger partial charge is 0.264 e. The van der Waals surface area contributed by atoms with Crippen LogP contribution in [0.2, 0.25) is 0 Å². The van der Waals surface area contributed by atoms with Crippen molar-refractivity contribution in [3.8, 4) is 0 Å². The summed E-state index contributed by atoms with van der Waals surface area (Å²) in [6.07, 6.45) is -2.60. The molecule has 0 N–H and O–H groups in total. The molecule has 1 aromatic carbocycles. The minimum absolute atomic E-state index is 0.0281. The van der Waals surface area contributed by atoms with Crippen LogP contribution in [0.5, 0.6) is 0 Å². The standard InChI is InChI=1S/C7H3Br2F3/c8-5-3(7(11)12)1-2-4(10)6(5)9/h1-2,7H. The molecule has 0 spiro atoms. The Balaban J connectivity index is 3.27. The average molecular weight is 304 g/mol. The van der Waals surface area contributed by atoms with E-state index in [2.05, 4.69) is 31.9 Å². The molecule has 0 aromatic heterocycles. The number of hydrogen-bond donors (Lipinski definition) is 0. The quantitative estimate of drug-likeness (QED) is 0.679. The molecule has 1 rings (SSSR count). The first kappa shape index (κ1) is 10.1. The van der Waals surface area contributed by atoms with Crippen LogP contribution in [0.3, 0.4) is 0 Å². The van der Waals surface area contributed by atoms with E-state index < -0.39 is 12.2 Å². The molecule has 0 saturated heterocycles. The third kappa shape index (κ3) is 1.82. The predicted octanol–water partition coefficient (Wildman–Crippen LogP) is 4.29. The van der Waals surface area contributed by atoms with Crippen LogP contribution in [-0.4, -0.2) is 0 Å². The van der Waals surface area contributed by atoms with E-state index in [1.807, 2.05) is 0 Å². The topological polar surface area (TPSA) is 0 Å². The molecule has 0 aliphatic rings. The van der Waals surface area contributed by atoms with Crippen LogP contribution in [0.4, 0.5) is 13.2 Å². The molecule has 0 atom stereocenters. The second-order valence-electron chi connectivity index (χ2n) is 2.07. The smallest absolute Gasteiger partial charge is 0.206 e. The number of benzene rings is 1. The molecule has 0 aliphatic carbocycles. The molecule has 1 aromatic rings. The fourth-order valence-corrected chi connectivity index (χ4v) is 1.57. The van der Waals surface area contributed by atoms with Gasteiger partial charge in [0.1, 0.15) is 5.82 Å². The Kier molecular flexibility index (Phi) is 3.17. The number of rotatable bonds is 1. The molecule has 0 radical (unpaired) electrons. The Morgan fingerprint density at radius 2 is 1.67 bits per heavy atom. The number of halogens is 5. The summed E-state index contributed by atoms with van der Waals surface area (Å²) in [5.74, 6) is -0.564. The highest BCUT2D eigenvalue weighted by Crippen LogP contribution is 2.34. The molecular weight excluding hydrogens is 301 g/mol. The zero-order valence-corrected chi connectivity index (χ0v) is 8.79. The lowest BCUT2D eigenvalue weighted by molar-refractivity contribution is 0.150. The van der Waals surface area contributed by atoms with Gasteiger partial charge in [0.2, 0.25) is 0 Å². The van der Waals surface area contributed by atoms with E-state index in [1.165, 1.54) is 0 Å². The van der Waals surface area contributed by atoms with Gasteiger partial charge in [-0.05, 0) is 44.0 Å². The molecule has 0 saturated carbocycles. The fraction of sp³-hybridized carbons (Fsp3) is 0.143. The lowest BCUT2D eigenvalue weighted by Gasteiger charge is -2.04. The normalized spacial score (nSPS) is 10.8. The van der Waals surface area contributed by atoms with E-state index in [0.29, 0.717) is 0 Å². The Labute approximate surface area is 84.0 Å². The molecular formula is C7H3Br2F3. The highest BCUT2D eigenvalue weighted by molar-refractivity contribution is 9.13. The van der Waals surface area contributed by atoms with Gasteiger partial charge < -0.3 is 0 Å². The van der Waals surface area contributed by atoms with Crippen molar-refractivity contribution >= 4 is 31.9 Å². The summed E-state index contributed by atoms with van der Waals surface area (Å²) in [5, 5.41) is 0. The monoisotopic (exact) mass is 302 g/mol. The highest BCUT2D eigenvalue weighted by Gasteiger charge is 2.15. The van der Waals surface area contributed by atoms with Crippen molar-refractivity contribution in [2.75, 3.05) is 0 Å². The third-order valence-corrected chi connectivity index (χ3v) is 3.46. The number of alkyl halides is 2. The first-order chi connectivity index (χ1) is 5.54. The van der Waals surface area contributed by atoms with Gasteiger partial charge in [-0.25, -0.2) is 13.2 Å².